The summed E-state index contributed by atoms with van der Waals surface area (Å²) in [6.07, 6.45) is 4.84. The molecule has 0 atom stereocenters. The van der Waals surface area contributed by atoms with E-state index in [1.54, 1.807) is 24.3 Å². The van der Waals surface area contributed by atoms with Crippen molar-refractivity contribution < 1.29 is 18.4 Å². The topological polar surface area (TPSA) is 115 Å². The predicted molar refractivity (Wildman–Crippen MR) is 132 cm³/mol. The second-order valence-electron chi connectivity index (χ2n) is 9.51. The maximum atomic E-state index is 14.7. The van der Waals surface area contributed by atoms with Crippen molar-refractivity contribution in [2.75, 3.05) is 13.1 Å². The van der Waals surface area contributed by atoms with Crippen LogP contribution in [0.2, 0.25) is 0 Å². The number of benzene rings is 2. The molecule has 10 nitrogen and oxygen atoms in total. The van der Waals surface area contributed by atoms with Gasteiger partial charge in [0.25, 0.3) is 5.56 Å². The van der Waals surface area contributed by atoms with Gasteiger partial charge in [0.05, 0.1) is 24.0 Å². The molecule has 0 spiro atoms. The molecule has 6 rings (SSSR count). The molecular weight excluding hydrogens is 496 g/mol. The van der Waals surface area contributed by atoms with Gasteiger partial charge in [0.1, 0.15) is 23.3 Å². The Balaban J connectivity index is 1.13. The molecule has 0 aliphatic carbocycles. The number of halogens is 2. The number of nitrogens with zero attached hydrogens (tertiary/aromatic N) is 7. The van der Waals surface area contributed by atoms with Gasteiger partial charge < -0.3 is 9.63 Å². The van der Waals surface area contributed by atoms with E-state index in [4.69, 9.17) is 4.52 Å². The second kappa shape index (κ2) is 9.54. The Bertz CT molecular complexity index is 1640. The first kappa shape index (κ1) is 24.1. The van der Waals surface area contributed by atoms with Crippen LogP contribution in [0.5, 0.6) is 0 Å². The third kappa shape index (κ3) is 4.59. The molecule has 1 aliphatic heterocycles. The van der Waals surface area contributed by atoms with Crippen molar-refractivity contribution in [1.29, 1.82) is 0 Å². The third-order valence-electron chi connectivity index (χ3n) is 6.94. The molecule has 0 radical (unpaired) electrons. The average molecular weight is 520 g/mol. The lowest BCUT2D eigenvalue weighted by atomic mass is 9.91. The quantitative estimate of drug-likeness (QED) is 0.364. The summed E-state index contributed by atoms with van der Waals surface area (Å²) in [5.74, 6) is -0.409. The van der Waals surface area contributed by atoms with Crippen molar-refractivity contribution in [2.45, 2.75) is 31.5 Å². The number of fused-ring (bicyclic) bond motifs is 1. The van der Waals surface area contributed by atoms with Crippen LogP contribution in [-0.4, -0.2) is 58.2 Å². The standard InChI is InChI=1S/C26H23F2N7O3/c27-19-3-5-20(6-4-19)35-24-21(12-31-35)25(36)34(15-29-24)14-26(37)7-9-33(10-8-26)13-18-2-1-17(11-22(18)28)23-30-16-38-32-23/h1-6,11-12,15-16,37H,7-10,13-14H2. The molecule has 0 amide bonds. The fraction of sp³-hybridized carbons (Fsp3) is 0.269. The summed E-state index contributed by atoms with van der Waals surface area (Å²) >= 11 is 0. The summed E-state index contributed by atoms with van der Waals surface area (Å²) in [5, 5.41) is 19.5. The molecule has 1 saturated heterocycles. The Morgan fingerprint density at radius 3 is 2.55 bits per heavy atom. The van der Waals surface area contributed by atoms with Crippen LogP contribution in [0, 0.1) is 11.6 Å². The van der Waals surface area contributed by atoms with Gasteiger partial charge in [-0.05, 0) is 43.2 Å². The highest BCUT2D eigenvalue weighted by Crippen LogP contribution is 2.26. The molecule has 4 heterocycles. The van der Waals surface area contributed by atoms with Gasteiger partial charge in [-0.1, -0.05) is 17.3 Å². The van der Waals surface area contributed by atoms with Crippen LogP contribution >= 0.6 is 0 Å². The maximum Gasteiger partial charge on any atom is 0.264 e. The number of aliphatic hydroxyl groups is 1. The summed E-state index contributed by atoms with van der Waals surface area (Å²) in [6.45, 7) is 1.55. The van der Waals surface area contributed by atoms with Gasteiger partial charge in [0.2, 0.25) is 12.2 Å². The van der Waals surface area contributed by atoms with Crippen molar-refractivity contribution in [3.05, 3.63) is 88.9 Å². The van der Waals surface area contributed by atoms with E-state index in [2.05, 4.69) is 25.1 Å². The van der Waals surface area contributed by atoms with E-state index in [1.807, 2.05) is 0 Å². The second-order valence-corrected chi connectivity index (χ2v) is 9.51. The van der Waals surface area contributed by atoms with Crippen LogP contribution in [0.25, 0.3) is 28.1 Å². The zero-order valence-corrected chi connectivity index (χ0v) is 20.2. The van der Waals surface area contributed by atoms with Crippen LogP contribution < -0.4 is 5.56 Å². The first-order chi connectivity index (χ1) is 18.4. The molecule has 12 heteroatoms. The molecular formula is C26H23F2N7O3. The fourth-order valence-electron chi connectivity index (χ4n) is 4.79. The SMILES string of the molecule is O=c1c2cnn(-c3ccc(F)cc3)c2ncn1CC1(O)CCN(Cc2ccc(-c3ncon3)cc2F)CC1. The highest BCUT2D eigenvalue weighted by atomic mass is 19.1. The van der Waals surface area contributed by atoms with Gasteiger partial charge in [-0.2, -0.15) is 10.1 Å². The minimum atomic E-state index is -1.11. The number of hydrogen-bond acceptors (Lipinski definition) is 8. The first-order valence-corrected chi connectivity index (χ1v) is 12.1. The minimum Gasteiger partial charge on any atom is -0.388 e. The summed E-state index contributed by atoms with van der Waals surface area (Å²) in [4.78, 5) is 23.5. The lowest BCUT2D eigenvalue weighted by Gasteiger charge is -2.38. The number of aromatic nitrogens is 6. The number of hydrogen-bond donors (Lipinski definition) is 1. The molecule has 3 aromatic heterocycles. The summed E-state index contributed by atoms with van der Waals surface area (Å²) in [5.41, 5.74) is 0.579. The first-order valence-electron chi connectivity index (χ1n) is 12.1. The zero-order chi connectivity index (χ0) is 26.3. The Morgan fingerprint density at radius 1 is 1.05 bits per heavy atom. The highest BCUT2D eigenvalue weighted by Gasteiger charge is 2.33. The van der Waals surface area contributed by atoms with Crippen molar-refractivity contribution in [2.24, 2.45) is 0 Å². The van der Waals surface area contributed by atoms with Gasteiger partial charge in [0, 0.05) is 30.8 Å². The van der Waals surface area contributed by atoms with Gasteiger partial charge in [-0.15, -0.1) is 0 Å². The van der Waals surface area contributed by atoms with Crippen molar-refractivity contribution >= 4 is 11.0 Å². The van der Waals surface area contributed by atoms with Gasteiger partial charge in [-0.3, -0.25) is 14.3 Å². The molecule has 0 saturated carbocycles. The zero-order valence-electron chi connectivity index (χ0n) is 20.2. The van der Waals surface area contributed by atoms with E-state index in [0.717, 1.165) is 0 Å². The molecule has 2 aromatic carbocycles. The minimum absolute atomic E-state index is 0.0814. The molecule has 1 fully saturated rings. The lowest BCUT2D eigenvalue weighted by molar-refractivity contribution is -0.0366. The van der Waals surface area contributed by atoms with E-state index in [0.29, 0.717) is 66.1 Å². The van der Waals surface area contributed by atoms with E-state index in [1.165, 1.54) is 46.4 Å². The van der Waals surface area contributed by atoms with Crippen LogP contribution in [0.15, 0.2) is 70.7 Å². The molecule has 1 N–H and O–H groups in total. The molecule has 1 aliphatic rings. The average Bonchev–Trinajstić information content (AvgIpc) is 3.60. The van der Waals surface area contributed by atoms with E-state index in [9.17, 15) is 18.7 Å². The fourth-order valence-corrected chi connectivity index (χ4v) is 4.79. The molecule has 5 aromatic rings. The molecule has 0 unspecified atom stereocenters. The summed E-state index contributed by atoms with van der Waals surface area (Å²) in [7, 11) is 0. The summed E-state index contributed by atoms with van der Waals surface area (Å²) in [6, 6.07) is 10.6. The smallest absolute Gasteiger partial charge is 0.264 e. The van der Waals surface area contributed by atoms with E-state index >= 15 is 0 Å². The van der Waals surface area contributed by atoms with Crippen molar-refractivity contribution in [3.8, 4) is 17.1 Å². The Kier molecular flexibility index (Phi) is 6.04. The monoisotopic (exact) mass is 519 g/mol. The van der Waals surface area contributed by atoms with Crippen molar-refractivity contribution in [3.63, 3.8) is 0 Å². The van der Waals surface area contributed by atoms with Crippen LogP contribution in [0.1, 0.15) is 18.4 Å². The van der Waals surface area contributed by atoms with E-state index < -0.39 is 5.60 Å². The Hall–Kier alpha value is -4.29. The highest BCUT2D eigenvalue weighted by molar-refractivity contribution is 5.74. The van der Waals surface area contributed by atoms with Gasteiger partial charge >= 0.3 is 0 Å². The maximum absolute atomic E-state index is 14.7. The Morgan fingerprint density at radius 2 is 1.84 bits per heavy atom. The normalized spacial score (nSPS) is 15.8. The summed E-state index contributed by atoms with van der Waals surface area (Å²) < 4.78 is 35.6. The Labute approximate surface area is 214 Å². The third-order valence-corrected chi connectivity index (χ3v) is 6.94. The number of rotatable bonds is 6. The molecule has 38 heavy (non-hydrogen) atoms. The van der Waals surface area contributed by atoms with Gasteiger partial charge in [-0.25, -0.2) is 18.4 Å². The largest absolute Gasteiger partial charge is 0.388 e. The predicted octanol–water partition coefficient (Wildman–Crippen LogP) is 2.94. The molecule has 194 valence electrons. The lowest BCUT2D eigenvalue weighted by Crippen LogP contribution is -2.47. The van der Waals surface area contributed by atoms with E-state index in [-0.39, 0.29) is 23.7 Å². The van der Waals surface area contributed by atoms with Gasteiger partial charge in [0.15, 0.2) is 5.65 Å². The number of likely N-dealkylation sites (tertiary alicyclic amines) is 1. The van der Waals surface area contributed by atoms with Crippen molar-refractivity contribution in [1.82, 2.24) is 34.4 Å². The van der Waals surface area contributed by atoms with Crippen LogP contribution in [0.3, 0.4) is 0 Å². The van der Waals surface area contributed by atoms with Crippen LogP contribution in [0.4, 0.5) is 8.78 Å². The molecule has 0 bridgehead atoms. The van der Waals surface area contributed by atoms with Crippen LogP contribution in [-0.2, 0) is 13.1 Å². The number of piperidine rings is 1.